The molecular formula is C14H20BrNO. The van der Waals surface area contributed by atoms with E-state index < -0.39 is 0 Å². The topological polar surface area (TPSA) is 21.3 Å². The van der Waals surface area contributed by atoms with Crippen LogP contribution in [0.5, 0.6) is 0 Å². The molecule has 0 bridgehead atoms. The van der Waals surface area contributed by atoms with Crippen LogP contribution in [0.3, 0.4) is 0 Å². The number of benzene rings is 1. The van der Waals surface area contributed by atoms with Gasteiger partial charge >= 0.3 is 0 Å². The summed E-state index contributed by atoms with van der Waals surface area (Å²) in [5.41, 5.74) is 2.75. The Labute approximate surface area is 112 Å². The van der Waals surface area contributed by atoms with Gasteiger partial charge in [-0.3, -0.25) is 0 Å². The lowest BCUT2D eigenvalue weighted by Gasteiger charge is -2.37. The van der Waals surface area contributed by atoms with Gasteiger partial charge in [-0.1, -0.05) is 28.1 Å². The van der Waals surface area contributed by atoms with E-state index in [1.165, 1.54) is 15.6 Å². The van der Waals surface area contributed by atoms with Crippen molar-refractivity contribution in [1.29, 1.82) is 0 Å². The van der Waals surface area contributed by atoms with E-state index in [2.05, 4.69) is 60.2 Å². The number of morpholine rings is 1. The van der Waals surface area contributed by atoms with Crippen LogP contribution in [0.4, 0.5) is 0 Å². The Hall–Kier alpha value is -0.380. The molecule has 0 spiro atoms. The maximum Gasteiger partial charge on any atom is 0.0643 e. The first kappa shape index (κ1) is 13.1. The normalized spacial score (nSPS) is 23.6. The summed E-state index contributed by atoms with van der Waals surface area (Å²) in [4.78, 5) is 0. The molecule has 2 nitrogen and oxygen atoms in total. The van der Waals surface area contributed by atoms with Crippen molar-refractivity contribution in [1.82, 2.24) is 5.32 Å². The number of ether oxygens (including phenoxy) is 1. The van der Waals surface area contributed by atoms with Gasteiger partial charge in [-0.05, 0) is 44.4 Å². The lowest BCUT2D eigenvalue weighted by molar-refractivity contribution is 0.0135. The second-order valence-electron chi connectivity index (χ2n) is 5.53. The van der Waals surface area contributed by atoms with Gasteiger partial charge in [0, 0.05) is 16.1 Å². The van der Waals surface area contributed by atoms with Crippen LogP contribution in [-0.2, 0) is 11.2 Å². The molecular weight excluding hydrogens is 278 g/mol. The third-order valence-electron chi connectivity index (χ3n) is 3.08. The molecule has 2 rings (SSSR count). The average molecular weight is 298 g/mol. The summed E-state index contributed by atoms with van der Waals surface area (Å²) in [6, 6.07) is 6.96. The van der Waals surface area contributed by atoms with Crippen molar-refractivity contribution >= 4 is 15.9 Å². The molecule has 1 aromatic carbocycles. The fourth-order valence-corrected chi connectivity index (χ4v) is 2.57. The molecule has 1 saturated heterocycles. The molecule has 0 aliphatic carbocycles. The van der Waals surface area contributed by atoms with Crippen molar-refractivity contribution in [2.75, 3.05) is 13.2 Å². The first-order valence-electron chi connectivity index (χ1n) is 6.07. The van der Waals surface area contributed by atoms with E-state index in [0.717, 1.165) is 19.6 Å². The summed E-state index contributed by atoms with van der Waals surface area (Å²) in [6.45, 7) is 8.10. The molecule has 1 aromatic rings. The number of hydrogen-bond donors (Lipinski definition) is 1. The van der Waals surface area contributed by atoms with Gasteiger partial charge in [0.05, 0.1) is 13.2 Å². The van der Waals surface area contributed by atoms with Crippen LogP contribution in [0.25, 0.3) is 0 Å². The molecule has 0 saturated carbocycles. The molecule has 94 valence electrons. The number of rotatable bonds is 2. The van der Waals surface area contributed by atoms with Gasteiger partial charge < -0.3 is 10.1 Å². The Morgan fingerprint density at radius 2 is 2.24 bits per heavy atom. The highest BCUT2D eigenvalue weighted by Crippen LogP contribution is 2.19. The Morgan fingerprint density at radius 3 is 2.88 bits per heavy atom. The third kappa shape index (κ3) is 3.54. The molecule has 1 N–H and O–H groups in total. The molecule has 1 atom stereocenters. The number of hydrogen-bond acceptors (Lipinski definition) is 2. The first-order valence-corrected chi connectivity index (χ1v) is 6.86. The molecule has 0 radical (unpaired) electrons. The van der Waals surface area contributed by atoms with Crippen molar-refractivity contribution in [3.8, 4) is 0 Å². The van der Waals surface area contributed by atoms with E-state index in [1.54, 1.807) is 0 Å². The van der Waals surface area contributed by atoms with Gasteiger partial charge in [-0.25, -0.2) is 0 Å². The smallest absolute Gasteiger partial charge is 0.0643 e. The maximum atomic E-state index is 5.65. The molecule has 3 heteroatoms. The first-order chi connectivity index (χ1) is 7.96. The Balaban J connectivity index is 2.03. The van der Waals surface area contributed by atoms with Crippen molar-refractivity contribution < 1.29 is 4.74 Å². The summed E-state index contributed by atoms with van der Waals surface area (Å²) in [5, 5.41) is 3.64. The molecule has 17 heavy (non-hydrogen) atoms. The minimum Gasteiger partial charge on any atom is -0.378 e. The van der Waals surface area contributed by atoms with Crippen LogP contribution in [0.2, 0.25) is 0 Å². The third-order valence-corrected chi connectivity index (χ3v) is 3.97. The highest BCUT2D eigenvalue weighted by atomic mass is 79.9. The zero-order valence-electron chi connectivity index (χ0n) is 10.7. The lowest BCUT2D eigenvalue weighted by atomic mass is 9.98. The highest BCUT2D eigenvalue weighted by Gasteiger charge is 2.27. The second kappa shape index (κ2) is 5.09. The molecule has 0 amide bonds. The summed E-state index contributed by atoms with van der Waals surface area (Å²) < 4.78 is 6.83. The standard InChI is InChI=1S/C14H20BrNO/c1-10-6-11(4-5-13(10)15)7-12-8-17-9-14(2,3)16-12/h4-6,12,16H,7-9H2,1-3H3. The van der Waals surface area contributed by atoms with Crippen LogP contribution < -0.4 is 5.32 Å². The van der Waals surface area contributed by atoms with Gasteiger partial charge in [-0.2, -0.15) is 0 Å². The van der Waals surface area contributed by atoms with Gasteiger partial charge in [0.25, 0.3) is 0 Å². The number of aryl methyl sites for hydroxylation is 1. The lowest BCUT2D eigenvalue weighted by Crippen LogP contribution is -2.56. The predicted octanol–water partition coefficient (Wildman–Crippen LogP) is 3.07. The molecule has 0 aromatic heterocycles. The number of halogens is 1. The quantitative estimate of drug-likeness (QED) is 0.906. The van der Waals surface area contributed by atoms with Crippen molar-refractivity contribution in [3.05, 3.63) is 33.8 Å². The summed E-state index contributed by atoms with van der Waals surface area (Å²) in [7, 11) is 0. The molecule has 1 aliphatic rings. The molecule has 1 aliphatic heterocycles. The van der Waals surface area contributed by atoms with Crippen LogP contribution in [0.15, 0.2) is 22.7 Å². The molecule has 1 heterocycles. The van der Waals surface area contributed by atoms with E-state index >= 15 is 0 Å². The highest BCUT2D eigenvalue weighted by molar-refractivity contribution is 9.10. The zero-order chi connectivity index (χ0) is 12.5. The summed E-state index contributed by atoms with van der Waals surface area (Å²) in [6.07, 6.45) is 1.03. The molecule has 1 fully saturated rings. The van der Waals surface area contributed by atoms with Gasteiger partial charge in [0.15, 0.2) is 0 Å². The predicted molar refractivity (Wildman–Crippen MR) is 74.4 cm³/mol. The fraction of sp³-hybridized carbons (Fsp3) is 0.571. The van der Waals surface area contributed by atoms with E-state index in [1.807, 2.05) is 0 Å². The number of nitrogens with one attached hydrogen (secondary N) is 1. The van der Waals surface area contributed by atoms with Gasteiger partial charge in [0.1, 0.15) is 0 Å². The van der Waals surface area contributed by atoms with Gasteiger partial charge in [0.2, 0.25) is 0 Å². The SMILES string of the molecule is Cc1cc(CC2COCC(C)(C)N2)ccc1Br. The second-order valence-corrected chi connectivity index (χ2v) is 6.38. The fourth-order valence-electron chi connectivity index (χ4n) is 2.32. The van der Waals surface area contributed by atoms with Crippen LogP contribution in [-0.4, -0.2) is 24.8 Å². The van der Waals surface area contributed by atoms with Crippen LogP contribution >= 0.6 is 15.9 Å². The monoisotopic (exact) mass is 297 g/mol. The Bertz CT molecular complexity index is 403. The molecule has 1 unspecified atom stereocenters. The van der Waals surface area contributed by atoms with Crippen LogP contribution in [0, 0.1) is 6.92 Å². The van der Waals surface area contributed by atoms with Crippen molar-refractivity contribution in [3.63, 3.8) is 0 Å². The van der Waals surface area contributed by atoms with Crippen molar-refractivity contribution in [2.24, 2.45) is 0 Å². The Kier molecular flexibility index (Phi) is 3.91. The van der Waals surface area contributed by atoms with Crippen molar-refractivity contribution in [2.45, 2.75) is 38.8 Å². The average Bonchev–Trinajstić information content (AvgIpc) is 2.22. The minimum atomic E-state index is 0.0906. The van der Waals surface area contributed by atoms with Gasteiger partial charge in [-0.15, -0.1) is 0 Å². The largest absolute Gasteiger partial charge is 0.378 e. The van der Waals surface area contributed by atoms with Crippen LogP contribution in [0.1, 0.15) is 25.0 Å². The van der Waals surface area contributed by atoms with E-state index in [4.69, 9.17) is 4.74 Å². The minimum absolute atomic E-state index is 0.0906. The zero-order valence-corrected chi connectivity index (χ0v) is 12.3. The Morgan fingerprint density at radius 1 is 1.47 bits per heavy atom. The van der Waals surface area contributed by atoms with E-state index in [0.29, 0.717) is 6.04 Å². The maximum absolute atomic E-state index is 5.65. The van der Waals surface area contributed by atoms with E-state index in [9.17, 15) is 0 Å². The van der Waals surface area contributed by atoms with E-state index in [-0.39, 0.29) is 5.54 Å². The summed E-state index contributed by atoms with van der Waals surface area (Å²) in [5.74, 6) is 0. The summed E-state index contributed by atoms with van der Waals surface area (Å²) >= 11 is 3.53.